The summed E-state index contributed by atoms with van der Waals surface area (Å²) in [7, 11) is 1.65. The van der Waals surface area contributed by atoms with E-state index in [0.29, 0.717) is 0 Å². The first-order chi connectivity index (χ1) is 15.9. The second-order valence-corrected chi connectivity index (χ2v) is 8.63. The monoisotopic (exact) mass is 448 g/mol. The van der Waals surface area contributed by atoms with E-state index in [1.165, 1.54) is 5.01 Å². The predicted octanol–water partition coefficient (Wildman–Crippen LogP) is 2.62. The standard InChI is InChI=1S/C24H28N6O3/c1-15-5-4-6-16(2)22(15)25-21(31)14-30-24(32)28-11-12-29-20(23(28)27-30)13-19(26-29)17-7-9-18(33-3)10-8-17/h4-12,19-20,23,26-27H,13-14H2,1-3H3,(H,25,31). The molecule has 5 rings (SSSR count). The molecule has 0 spiro atoms. The van der Waals surface area contributed by atoms with E-state index in [1.54, 1.807) is 18.2 Å². The van der Waals surface area contributed by atoms with Crippen molar-refractivity contribution in [1.82, 2.24) is 25.8 Å². The third-order valence-electron chi connectivity index (χ3n) is 6.50. The van der Waals surface area contributed by atoms with Crippen LogP contribution in [0.5, 0.6) is 5.75 Å². The molecule has 172 valence electrons. The number of benzene rings is 2. The molecule has 0 aromatic heterocycles. The lowest BCUT2D eigenvalue weighted by Crippen LogP contribution is -2.54. The number of fused-ring (bicyclic) bond motifs is 3. The van der Waals surface area contributed by atoms with E-state index in [9.17, 15) is 9.59 Å². The van der Waals surface area contributed by atoms with Crippen LogP contribution >= 0.6 is 0 Å². The van der Waals surface area contributed by atoms with Crippen molar-refractivity contribution in [2.24, 2.45) is 0 Å². The normalized spacial score (nSPS) is 23.5. The van der Waals surface area contributed by atoms with Crippen LogP contribution in [0.25, 0.3) is 0 Å². The summed E-state index contributed by atoms with van der Waals surface area (Å²) in [5.41, 5.74) is 10.7. The van der Waals surface area contributed by atoms with E-state index in [0.717, 1.165) is 34.5 Å². The van der Waals surface area contributed by atoms with Crippen LogP contribution in [0.1, 0.15) is 29.2 Å². The lowest BCUT2D eigenvalue weighted by atomic mass is 10.00. The van der Waals surface area contributed by atoms with E-state index in [1.807, 2.05) is 67.5 Å². The topological polar surface area (TPSA) is 89.2 Å². The summed E-state index contributed by atoms with van der Waals surface area (Å²) < 4.78 is 5.25. The van der Waals surface area contributed by atoms with Gasteiger partial charge < -0.3 is 15.1 Å². The summed E-state index contributed by atoms with van der Waals surface area (Å²) in [6.45, 7) is 3.83. The Kier molecular flexibility index (Phi) is 5.43. The molecule has 2 aromatic rings. The Morgan fingerprint density at radius 3 is 2.52 bits per heavy atom. The molecule has 0 bridgehead atoms. The molecule has 3 unspecified atom stereocenters. The van der Waals surface area contributed by atoms with Crippen LogP contribution < -0.4 is 20.9 Å². The maximum atomic E-state index is 13.0. The molecule has 3 atom stereocenters. The lowest BCUT2D eigenvalue weighted by molar-refractivity contribution is -0.117. The van der Waals surface area contributed by atoms with Gasteiger partial charge in [-0.15, -0.1) is 0 Å². The minimum atomic E-state index is -0.258. The smallest absolute Gasteiger partial charge is 0.340 e. The number of urea groups is 1. The first-order valence-corrected chi connectivity index (χ1v) is 11.0. The van der Waals surface area contributed by atoms with Gasteiger partial charge in [0, 0.05) is 18.1 Å². The fraction of sp³-hybridized carbons (Fsp3) is 0.333. The van der Waals surface area contributed by atoms with Crippen LogP contribution in [-0.4, -0.2) is 52.7 Å². The summed E-state index contributed by atoms with van der Waals surface area (Å²) in [4.78, 5) is 27.4. The number of aryl methyl sites for hydroxylation is 2. The van der Waals surface area contributed by atoms with E-state index in [2.05, 4.69) is 16.2 Å². The molecule has 33 heavy (non-hydrogen) atoms. The highest BCUT2D eigenvalue weighted by Crippen LogP contribution is 2.35. The van der Waals surface area contributed by atoms with Gasteiger partial charge in [0.1, 0.15) is 18.5 Å². The number of carbonyl (C=O) groups excluding carboxylic acids is 2. The average Bonchev–Trinajstić information content (AvgIpc) is 3.38. The quantitative estimate of drug-likeness (QED) is 0.652. The average molecular weight is 449 g/mol. The highest BCUT2D eigenvalue weighted by Gasteiger charge is 2.48. The largest absolute Gasteiger partial charge is 0.497 e. The Morgan fingerprint density at radius 2 is 1.82 bits per heavy atom. The van der Waals surface area contributed by atoms with Gasteiger partial charge in [0.05, 0.1) is 19.2 Å². The Labute approximate surface area is 192 Å². The van der Waals surface area contributed by atoms with Gasteiger partial charge in [-0.1, -0.05) is 30.3 Å². The molecule has 2 aromatic carbocycles. The Morgan fingerprint density at radius 1 is 1.09 bits per heavy atom. The van der Waals surface area contributed by atoms with Crippen molar-refractivity contribution in [2.45, 2.75) is 38.5 Å². The predicted molar refractivity (Wildman–Crippen MR) is 124 cm³/mol. The maximum absolute atomic E-state index is 13.0. The fourth-order valence-corrected chi connectivity index (χ4v) is 4.72. The zero-order valence-electron chi connectivity index (χ0n) is 18.9. The molecular formula is C24H28N6O3. The highest BCUT2D eigenvalue weighted by atomic mass is 16.5. The fourth-order valence-electron chi connectivity index (χ4n) is 4.72. The van der Waals surface area contributed by atoms with Crippen molar-refractivity contribution in [1.29, 1.82) is 0 Å². The van der Waals surface area contributed by atoms with Crippen molar-refractivity contribution in [3.05, 3.63) is 71.6 Å². The number of nitrogens with zero attached hydrogens (tertiary/aromatic N) is 3. The number of carbonyl (C=O) groups is 2. The number of para-hydroxylation sites is 1. The van der Waals surface area contributed by atoms with E-state index in [4.69, 9.17) is 4.74 Å². The number of amides is 3. The van der Waals surface area contributed by atoms with E-state index in [-0.39, 0.29) is 36.7 Å². The Balaban J connectivity index is 1.26. The molecule has 9 nitrogen and oxygen atoms in total. The highest BCUT2D eigenvalue weighted by molar-refractivity contribution is 5.95. The van der Waals surface area contributed by atoms with Gasteiger partial charge in [-0.05, 0) is 49.1 Å². The second-order valence-electron chi connectivity index (χ2n) is 8.63. The minimum Gasteiger partial charge on any atom is -0.497 e. The zero-order chi connectivity index (χ0) is 23.1. The number of hydrogen-bond acceptors (Lipinski definition) is 6. The van der Waals surface area contributed by atoms with Crippen LogP contribution in [-0.2, 0) is 4.79 Å². The van der Waals surface area contributed by atoms with Crippen molar-refractivity contribution >= 4 is 17.6 Å². The molecule has 0 radical (unpaired) electrons. The summed E-state index contributed by atoms with van der Waals surface area (Å²) in [5, 5.41) is 6.38. The van der Waals surface area contributed by atoms with Crippen molar-refractivity contribution in [2.75, 3.05) is 19.0 Å². The van der Waals surface area contributed by atoms with Gasteiger partial charge in [-0.3, -0.25) is 9.69 Å². The zero-order valence-corrected chi connectivity index (χ0v) is 18.9. The number of anilines is 1. The van der Waals surface area contributed by atoms with Gasteiger partial charge in [-0.25, -0.2) is 20.7 Å². The SMILES string of the molecule is COc1ccc(C2CC3C4NN(CC(=O)Nc5c(C)cccc5C)C(=O)N4C=CN3N2)cc1. The molecule has 2 fully saturated rings. The summed E-state index contributed by atoms with van der Waals surface area (Å²) in [6.07, 6.45) is 4.18. The molecule has 3 aliphatic heterocycles. The lowest BCUT2D eigenvalue weighted by Gasteiger charge is -2.34. The Bertz CT molecular complexity index is 1080. The molecule has 3 aliphatic rings. The molecule has 9 heteroatoms. The maximum Gasteiger partial charge on any atom is 0.340 e. The van der Waals surface area contributed by atoms with Gasteiger partial charge >= 0.3 is 6.03 Å². The van der Waals surface area contributed by atoms with E-state index >= 15 is 0 Å². The van der Waals surface area contributed by atoms with Crippen LogP contribution in [0.4, 0.5) is 10.5 Å². The number of ether oxygens (including phenoxy) is 1. The van der Waals surface area contributed by atoms with Gasteiger partial charge in [-0.2, -0.15) is 0 Å². The molecule has 0 saturated carbocycles. The minimum absolute atomic E-state index is 0.0257. The van der Waals surface area contributed by atoms with E-state index < -0.39 is 0 Å². The van der Waals surface area contributed by atoms with Crippen LogP contribution in [0, 0.1) is 13.8 Å². The number of methoxy groups -OCH3 is 1. The first-order valence-electron chi connectivity index (χ1n) is 11.0. The third kappa shape index (κ3) is 3.90. The van der Waals surface area contributed by atoms with Gasteiger partial charge in [0.15, 0.2) is 0 Å². The molecule has 3 heterocycles. The molecule has 3 N–H and O–H groups in total. The Hall–Kier alpha value is -3.56. The number of nitrogens with one attached hydrogen (secondary N) is 3. The molecule has 2 saturated heterocycles. The van der Waals surface area contributed by atoms with Crippen LogP contribution in [0.3, 0.4) is 0 Å². The van der Waals surface area contributed by atoms with Crippen molar-refractivity contribution < 1.29 is 14.3 Å². The first kappa shape index (κ1) is 21.3. The molecule has 0 aliphatic carbocycles. The molecule has 3 amide bonds. The number of hydrogen-bond donors (Lipinski definition) is 3. The summed E-state index contributed by atoms with van der Waals surface area (Å²) >= 11 is 0. The van der Waals surface area contributed by atoms with Gasteiger partial charge in [0.25, 0.3) is 0 Å². The van der Waals surface area contributed by atoms with Crippen molar-refractivity contribution in [3.8, 4) is 5.75 Å². The summed E-state index contributed by atoms with van der Waals surface area (Å²) in [6, 6.07) is 13.8. The number of hydrazine groups is 2. The second kappa shape index (κ2) is 8.42. The van der Waals surface area contributed by atoms with Crippen molar-refractivity contribution in [3.63, 3.8) is 0 Å². The van der Waals surface area contributed by atoms with Gasteiger partial charge in [0.2, 0.25) is 5.91 Å². The summed E-state index contributed by atoms with van der Waals surface area (Å²) in [5.74, 6) is 0.577. The third-order valence-corrected chi connectivity index (χ3v) is 6.50. The van der Waals surface area contributed by atoms with Crippen LogP contribution in [0.2, 0.25) is 0 Å². The molecular weight excluding hydrogens is 420 g/mol. The van der Waals surface area contributed by atoms with Crippen LogP contribution in [0.15, 0.2) is 54.9 Å². The number of rotatable bonds is 5.